The van der Waals surface area contributed by atoms with Crippen LogP contribution in [0, 0.1) is 0 Å². The lowest BCUT2D eigenvalue weighted by atomic mass is 10.1. The van der Waals surface area contributed by atoms with Gasteiger partial charge in [-0.2, -0.15) is 0 Å². The average Bonchev–Trinajstić information content (AvgIpc) is 3.06. The van der Waals surface area contributed by atoms with Gasteiger partial charge in [0.1, 0.15) is 5.75 Å². The summed E-state index contributed by atoms with van der Waals surface area (Å²) in [5.74, 6) is 0.862. The minimum atomic E-state index is 0.0882. The van der Waals surface area contributed by atoms with Gasteiger partial charge in [-0.25, -0.2) is 0 Å². The summed E-state index contributed by atoms with van der Waals surface area (Å²) in [6.45, 7) is 2.75. The summed E-state index contributed by atoms with van der Waals surface area (Å²) < 4.78 is 5.36. The maximum Gasteiger partial charge on any atom is 0.170 e. The highest BCUT2D eigenvalue weighted by Gasteiger charge is 2.10. The standard InChI is InChI=1S/C15H19N3O2S/c1-10(14-4-3-7-21-14)17-9-12-8-11(15(16)18-19)5-6-13(12)20-2/h3-8,10,17,19H,9H2,1-2H3,(H2,16,18)/t10-/m1/s1. The van der Waals surface area contributed by atoms with Crippen molar-refractivity contribution >= 4 is 17.2 Å². The van der Waals surface area contributed by atoms with Crippen molar-refractivity contribution in [3.05, 3.63) is 51.7 Å². The summed E-state index contributed by atoms with van der Waals surface area (Å²) in [5.41, 5.74) is 7.26. The quantitative estimate of drug-likeness (QED) is 0.332. The number of nitrogens with two attached hydrogens (primary N) is 1. The van der Waals surface area contributed by atoms with Crippen LogP contribution in [-0.4, -0.2) is 18.2 Å². The van der Waals surface area contributed by atoms with Crippen LogP contribution in [0.4, 0.5) is 0 Å². The zero-order chi connectivity index (χ0) is 15.2. The first-order valence-corrected chi connectivity index (χ1v) is 7.45. The molecule has 0 aliphatic rings. The van der Waals surface area contributed by atoms with Crippen molar-refractivity contribution in [1.82, 2.24) is 5.32 Å². The molecule has 0 saturated heterocycles. The van der Waals surface area contributed by atoms with Crippen molar-refractivity contribution in [1.29, 1.82) is 0 Å². The molecule has 0 saturated carbocycles. The summed E-state index contributed by atoms with van der Waals surface area (Å²) in [4.78, 5) is 1.28. The molecule has 1 aromatic carbocycles. The molecule has 0 spiro atoms. The second-order valence-electron chi connectivity index (χ2n) is 4.63. The molecule has 0 aliphatic carbocycles. The lowest BCUT2D eigenvalue weighted by Gasteiger charge is -2.15. The summed E-state index contributed by atoms with van der Waals surface area (Å²) in [6, 6.07) is 9.84. The first-order valence-electron chi connectivity index (χ1n) is 6.57. The second kappa shape index (κ2) is 7.10. The number of methoxy groups -OCH3 is 1. The van der Waals surface area contributed by atoms with E-state index in [0.29, 0.717) is 12.1 Å². The van der Waals surface area contributed by atoms with Crippen LogP contribution in [0.15, 0.2) is 40.9 Å². The Balaban J connectivity index is 2.14. The highest BCUT2D eigenvalue weighted by molar-refractivity contribution is 7.10. The molecule has 0 radical (unpaired) electrons. The molecule has 2 aromatic rings. The summed E-state index contributed by atoms with van der Waals surface area (Å²) in [6.07, 6.45) is 0. The van der Waals surface area contributed by atoms with Gasteiger partial charge in [-0.3, -0.25) is 0 Å². The van der Waals surface area contributed by atoms with Crippen molar-refractivity contribution in [2.24, 2.45) is 10.9 Å². The normalized spacial score (nSPS) is 13.1. The predicted molar refractivity (Wildman–Crippen MR) is 85.1 cm³/mol. The number of nitrogens with zero attached hydrogens (tertiary/aromatic N) is 1. The Morgan fingerprint density at radius 1 is 1.48 bits per heavy atom. The number of ether oxygens (including phenoxy) is 1. The largest absolute Gasteiger partial charge is 0.496 e. The predicted octanol–water partition coefficient (Wildman–Crippen LogP) is 2.70. The Morgan fingerprint density at radius 2 is 2.29 bits per heavy atom. The molecular weight excluding hydrogens is 286 g/mol. The van der Waals surface area contributed by atoms with Gasteiger partial charge in [-0.15, -0.1) is 11.3 Å². The van der Waals surface area contributed by atoms with Crippen LogP contribution in [0.5, 0.6) is 5.75 Å². The number of benzene rings is 1. The van der Waals surface area contributed by atoms with Crippen LogP contribution >= 0.6 is 11.3 Å². The third kappa shape index (κ3) is 3.74. The van der Waals surface area contributed by atoms with E-state index < -0.39 is 0 Å². The fourth-order valence-electron chi connectivity index (χ4n) is 2.04. The minimum absolute atomic E-state index is 0.0882. The molecule has 6 heteroatoms. The topological polar surface area (TPSA) is 79.9 Å². The van der Waals surface area contributed by atoms with Crippen molar-refractivity contribution in [3.8, 4) is 5.75 Å². The smallest absolute Gasteiger partial charge is 0.170 e. The van der Waals surface area contributed by atoms with E-state index in [1.807, 2.05) is 18.2 Å². The van der Waals surface area contributed by atoms with Crippen LogP contribution in [-0.2, 0) is 6.54 Å². The molecular formula is C15H19N3O2S. The Hall–Kier alpha value is -2.05. The number of hydrogen-bond acceptors (Lipinski definition) is 5. The Labute approximate surface area is 128 Å². The third-order valence-electron chi connectivity index (χ3n) is 3.25. The van der Waals surface area contributed by atoms with Crippen LogP contribution < -0.4 is 15.8 Å². The molecule has 0 fully saturated rings. The highest BCUT2D eigenvalue weighted by atomic mass is 32.1. The van der Waals surface area contributed by atoms with Crippen molar-refractivity contribution < 1.29 is 9.94 Å². The van der Waals surface area contributed by atoms with Crippen molar-refractivity contribution in [2.45, 2.75) is 19.5 Å². The molecule has 2 rings (SSSR count). The van der Waals surface area contributed by atoms with Gasteiger partial charge in [0.05, 0.1) is 7.11 Å². The number of nitrogens with one attached hydrogen (secondary N) is 1. The van der Waals surface area contributed by atoms with E-state index in [4.69, 9.17) is 15.7 Å². The van der Waals surface area contributed by atoms with E-state index in [1.54, 1.807) is 24.5 Å². The van der Waals surface area contributed by atoms with E-state index in [2.05, 4.69) is 28.8 Å². The fourth-order valence-corrected chi connectivity index (χ4v) is 2.79. The molecule has 0 aliphatic heterocycles. The molecule has 1 aromatic heterocycles. The molecule has 112 valence electrons. The van der Waals surface area contributed by atoms with Gasteiger partial charge in [0.2, 0.25) is 0 Å². The van der Waals surface area contributed by atoms with Crippen molar-refractivity contribution in [3.63, 3.8) is 0 Å². The lowest BCUT2D eigenvalue weighted by molar-refractivity contribution is 0.318. The van der Waals surface area contributed by atoms with Crippen molar-refractivity contribution in [2.75, 3.05) is 7.11 Å². The highest BCUT2D eigenvalue weighted by Crippen LogP contribution is 2.23. The van der Waals surface area contributed by atoms with Crippen LogP contribution in [0.2, 0.25) is 0 Å². The average molecular weight is 305 g/mol. The summed E-state index contributed by atoms with van der Waals surface area (Å²) in [7, 11) is 1.63. The lowest BCUT2D eigenvalue weighted by Crippen LogP contribution is -2.19. The molecule has 0 unspecified atom stereocenters. The van der Waals surface area contributed by atoms with Crippen LogP contribution in [0.3, 0.4) is 0 Å². The molecule has 4 N–H and O–H groups in total. The number of oxime groups is 1. The monoisotopic (exact) mass is 305 g/mol. The zero-order valence-electron chi connectivity index (χ0n) is 12.0. The van der Waals surface area contributed by atoms with E-state index in [1.165, 1.54) is 4.88 Å². The van der Waals surface area contributed by atoms with Gasteiger partial charge in [0.25, 0.3) is 0 Å². The third-order valence-corrected chi connectivity index (χ3v) is 4.31. The molecule has 5 nitrogen and oxygen atoms in total. The zero-order valence-corrected chi connectivity index (χ0v) is 12.9. The SMILES string of the molecule is COc1ccc(/C(N)=N/O)cc1CN[C@H](C)c1cccs1. The maximum absolute atomic E-state index is 8.77. The minimum Gasteiger partial charge on any atom is -0.496 e. The van der Waals surface area contributed by atoms with E-state index in [0.717, 1.165) is 11.3 Å². The van der Waals surface area contributed by atoms with Gasteiger partial charge in [-0.05, 0) is 36.6 Å². The Morgan fingerprint density at radius 3 is 2.90 bits per heavy atom. The molecule has 1 heterocycles. The fraction of sp³-hybridized carbons (Fsp3) is 0.267. The van der Waals surface area contributed by atoms with E-state index in [-0.39, 0.29) is 11.9 Å². The number of thiophene rings is 1. The van der Waals surface area contributed by atoms with Crippen LogP contribution in [0.25, 0.3) is 0 Å². The van der Waals surface area contributed by atoms with Gasteiger partial charge >= 0.3 is 0 Å². The van der Waals surface area contributed by atoms with Gasteiger partial charge in [-0.1, -0.05) is 11.2 Å². The second-order valence-corrected chi connectivity index (χ2v) is 5.61. The summed E-state index contributed by atoms with van der Waals surface area (Å²) >= 11 is 1.72. The molecule has 0 amide bonds. The maximum atomic E-state index is 8.77. The van der Waals surface area contributed by atoms with Gasteiger partial charge in [0, 0.05) is 28.6 Å². The van der Waals surface area contributed by atoms with E-state index in [9.17, 15) is 0 Å². The van der Waals surface area contributed by atoms with E-state index >= 15 is 0 Å². The van der Waals surface area contributed by atoms with Gasteiger partial charge < -0.3 is 21.0 Å². The first-order chi connectivity index (χ1) is 10.2. The Bertz CT molecular complexity index is 611. The van der Waals surface area contributed by atoms with Crippen LogP contribution in [0.1, 0.15) is 29.0 Å². The number of rotatable bonds is 6. The molecule has 0 bridgehead atoms. The van der Waals surface area contributed by atoms with Gasteiger partial charge in [0.15, 0.2) is 5.84 Å². The number of amidine groups is 1. The first kappa shape index (κ1) is 15.3. The Kier molecular flexibility index (Phi) is 5.19. The molecule has 21 heavy (non-hydrogen) atoms. The summed E-state index contributed by atoms with van der Waals surface area (Å²) in [5, 5.41) is 17.3. The molecule has 1 atom stereocenters. The number of hydrogen-bond donors (Lipinski definition) is 3.